The zero-order chi connectivity index (χ0) is 31.8. The van der Waals surface area contributed by atoms with Gasteiger partial charge in [0.2, 0.25) is 12.4 Å². The molecule has 234 valence electrons. The monoisotopic (exact) mass is 654 g/mol. The lowest BCUT2D eigenvalue weighted by Gasteiger charge is -2.44. The molecule has 1 heterocycles. The number of hydrogen-bond donors (Lipinski definition) is 2. The van der Waals surface area contributed by atoms with Gasteiger partial charge in [0.1, 0.15) is 23.7 Å². The number of rotatable bonds is 11. The molecule has 0 aliphatic carbocycles. The van der Waals surface area contributed by atoms with Crippen LogP contribution in [-0.2, 0) is 23.3 Å². The Bertz CT molecular complexity index is 1620. The summed E-state index contributed by atoms with van der Waals surface area (Å²) in [6.45, 7) is -0.788. The number of hydrogen-bond acceptors (Lipinski definition) is 10. The van der Waals surface area contributed by atoms with E-state index < -0.39 is 57.1 Å². The molecule has 1 unspecified atom stereocenters. The fourth-order valence-electron chi connectivity index (χ4n) is 4.49. The second kappa shape index (κ2) is 14.7. The highest BCUT2D eigenvalue weighted by atomic mass is 35.5. The predicted molar refractivity (Wildman–Crippen MR) is 161 cm³/mol. The zero-order valence-electron chi connectivity index (χ0n) is 23.5. The lowest BCUT2D eigenvalue weighted by Crippen LogP contribution is -2.63. The standard InChI is InChI=1S/C32H28ClO11P/c33-24-18-10-11-19-25(24)43-45(37,38)44-27-26(20-34)40-32(39-23-16-8-3-9-17-23)29(42-31(36)22-14-6-2-7-15-22)28(27)41-30(35)21-12-4-1-5-13-21/h1-19,26-29,32,34H,20H2,(H,37,38)/t26-,27-,28+,29-,32-/m1/s1. The Labute approximate surface area is 263 Å². The molecule has 4 aromatic rings. The summed E-state index contributed by atoms with van der Waals surface area (Å²) in [5.74, 6) is -1.60. The summed E-state index contributed by atoms with van der Waals surface area (Å²) in [6.07, 6.45) is -7.88. The maximum Gasteiger partial charge on any atom is 0.527 e. The average molecular weight is 655 g/mol. The van der Waals surface area contributed by atoms with E-state index in [1.165, 1.54) is 42.5 Å². The van der Waals surface area contributed by atoms with E-state index in [0.29, 0.717) is 5.75 Å². The van der Waals surface area contributed by atoms with Crippen molar-refractivity contribution < 1.29 is 52.1 Å². The topological polar surface area (TPSA) is 147 Å². The average Bonchev–Trinajstić information content (AvgIpc) is 3.05. The lowest BCUT2D eigenvalue weighted by molar-refractivity contribution is -0.273. The highest BCUT2D eigenvalue weighted by molar-refractivity contribution is 7.47. The third-order valence-electron chi connectivity index (χ3n) is 6.58. The molecular formula is C32H28ClO11P. The molecule has 0 aromatic heterocycles. The van der Waals surface area contributed by atoms with Gasteiger partial charge in [-0.1, -0.05) is 78.3 Å². The highest BCUT2D eigenvalue weighted by Gasteiger charge is 2.54. The van der Waals surface area contributed by atoms with E-state index in [-0.39, 0.29) is 21.9 Å². The van der Waals surface area contributed by atoms with Crippen molar-refractivity contribution in [2.75, 3.05) is 6.61 Å². The number of phosphoric ester groups is 1. The summed E-state index contributed by atoms with van der Waals surface area (Å²) in [5, 5.41) is 10.4. The molecule has 0 saturated carbocycles. The molecule has 5 rings (SSSR count). The quantitative estimate of drug-likeness (QED) is 0.157. The van der Waals surface area contributed by atoms with Crippen LogP contribution in [0.4, 0.5) is 0 Å². The van der Waals surface area contributed by atoms with Crippen LogP contribution in [0.15, 0.2) is 115 Å². The van der Waals surface area contributed by atoms with Gasteiger partial charge in [0.15, 0.2) is 6.10 Å². The maximum atomic E-state index is 13.4. The molecule has 1 aliphatic heterocycles. The Balaban J connectivity index is 1.54. The van der Waals surface area contributed by atoms with Crippen LogP contribution in [-0.4, -0.2) is 59.3 Å². The van der Waals surface area contributed by atoms with Gasteiger partial charge in [-0.15, -0.1) is 0 Å². The molecule has 11 nitrogen and oxygen atoms in total. The Hall–Kier alpha value is -4.22. The van der Waals surface area contributed by atoms with Gasteiger partial charge >= 0.3 is 19.8 Å². The molecule has 0 radical (unpaired) electrons. The molecule has 6 atom stereocenters. The number of benzene rings is 4. The summed E-state index contributed by atoms with van der Waals surface area (Å²) in [4.78, 5) is 37.5. The van der Waals surface area contributed by atoms with Crippen molar-refractivity contribution >= 4 is 31.4 Å². The van der Waals surface area contributed by atoms with Gasteiger partial charge in [0.05, 0.1) is 22.8 Å². The van der Waals surface area contributed by atoms with Gasteiger partial charge in [-0.3, -0.25) is 9.42 Å². The van der Waals surface area contributed by atoms with E-state index in [4.69, 9.17) is 39.6 Å². The Morgan fingerprint density at radius 3 is 1.80 bits per heavy atom. The second-order valence-electron chi connectivity index (χ2n) is 9.69. The molecule has 45 heavy (non-hydrogen) atoms. The Kier molecular flexibility index (Phi) is 10.5. The minimum atomic E-state index is -5.07. The van der Waals surface area contributed by atoms with Gasteiger partial charge < -0.3 is 28.6 Å². The summed E-state index contributed by atoms with van der Waals surface area (Å²) in [7, 11) is -5.07. The number of halogens is 1. The van der Waals surface area contributed by atoms with Crippen molar-refractivity contribution in [2.45, 2.75) is 30.7 Å². The van der Waals surface area contributed by atoms with Crippen LogP contribution in [0, 0.1) is 0 Å². The number of esters is 2. The smallest absolute Gasteiger partial charge is 0.461 e. The number of carbonyl (C=O) groups is 2. The molecule has 4 aromatic carbocycles. The van der Waals surface area contributed by atoms with Crippen molar-refractivity contribution in [1.82, 2.24) is 0 Å². The van der Waals surface area contributed by atoms with Crippen molar-refractivity contribution in [3.05, 3.63) is 131 Å². The van der Waals surface area contributed by atoms with Crippen molar-refractivity contribution in [3.63, 3.8) is 0 Å². The number of phosphoric acid groups is 1. The van der Waals surface area contributed by atoms with Gasteiger partial charge in [-0.05, 0) is 48.5 Å². The molecule has 1 saturated heterocycles. The zero-order valence-corrected chi connectivity index (χ0v) is 25.1. The van der Waals surface area contributed by atoms with Crippen LogP contribution in [0.5, 0.6) is 11.5 Å². The van der Waals surface area contributed by atoms with Crippen molar-refractivity contribution in [2.24, 2.45) is 0 Å². The molecular weight excluding hydrogens is 627 g/mol. The first-order chi connectivity index (χ1) is 21.7. The summed E-state index contributed by atoms with van der Waals surface area (Å²) < 4.78 is 47.7. The van der Waals surface area contributed by atoms with Gasteiger partial charge in [0.25, 0.3) is 0 Å². The first-order valence-corrected chi connectivity index (χ1v) is 15.6. The molecule has 2 N–H and O–H groups in total. The van der Waals surface area contributed by atoms with Crippen LogP contribution in [0.25, 0.3) is 0 Å². The van der Waals surface area contributed by atoms with E-state index in [1.54, 1.807) is 72.8 Å². The van der Waals surface area contributed by atoms with E-state index in [2.05, 4.69) is 0 Å². The molecule has 0 spiro atoms. The van der Waals surface area contributed by atoms with Gasteiger partial charge in [0, 0.05) is 0 Å². The predicted octanol–water partition coefficient (Wildman–Crippen LogP) is 5.45. The van der Waals surface area contributed by atoms with E-state index in [9.17, 15) is 24.2 Å². The molecule has 1 aliphatic rings. The normalized spacial score (nSPS) is 22.4. The first-order valence-electron chi connectivity index (χ1n) is 13.7. The number of para-hydroxylation sites is 2. The Morgan fingerprint density at radius 2 is 1.24 bits per heavy atom. The minimum absolute atomic E-state index is 0.0204. The van der Waals surface area contributed by atoms with Crippen LogP contribution in [0.1, 0.15) is 20.7 Å². The van der Waals surface area contributed by atoms with E-state index >= 15 is 0 Å². The number of ether oxygens (including phenoxy) is 4. The largest absolute Gasteiger partial charge is 0.527 e. The number of aliphatic hydroxyl groups is 1. The van der Waals surface area contributed by atoms with Gasteiger partial charge in [-0.2, -0.15) is 0 Å². The fourth-order valence-corrected chi connectivity index (χ4v) is 5.73. The number of aliphatic hydroxyl groups excluding tert-OH is 1. The molecule has 0 bridgehead atoms. The van der Waals surface area contributed by atoms with Crippen LogP contribution < -0.4 is 9.26 Å². The minimum Gasteiger partial charge on any atom is -0.461 e. The first kappa shape index (κ1) is 32.2. The fraction of sp³-hybridized carbons (Fsp3) is 0.188. The van der Waals surface area contributed by atoms with Crippen molar-refractivity contribution in [1.29, 1.82) is 0 Å². The van der Waals surface area contributed by atoms with Crippen LogP contribution in [0.3, 0.4) is 0 Å². The summed E-state index contributed by atoms with van der Waals surface area (Å²) in [5.41, 5.74) is 0.275. The second-order valence-corrected chi connectivity index (χ2v) is 11.4. The molecule has 0 amide bonds. The van der Waals surface area contributed by atoms with Gasteiger partial charge in [-0.25, -0.2) is 14.2 Å². The van der Waals surface area contributed by atoms with Crippen LogP contribution >= 0.6 is 19.4 Å². The molecule has 13 heteroatoms. The van der Waals surface area contributed by atoms with E-state index in [1.807, 2.05) is 0 Å². The number of carbonyl (C=O) groups excluding carboxylic acids is 2. The third kappa shape index (κ3) is 8.29. The lowest BCUT2D eigenvalue weighted by atomic mass is 9.98. The van der Waals surface area contributed by atoms with E-state index in [0.717, 1.165) is 0 Å². The maximum absolute atomic E-state index is 13.4. The Morgan fingerprint density at radius 1 is 0.733 bits per heavy atom. The molecule has 1 fully saturated rings. The highest BCUT2D eigenvalue weighted by Crippen LogP contribution is 2.49. The SMILES string of the molecule is O=C(O[C@@H]1[C@@H](OC(=O)c2ccccc2)[C@H](Oc2ccccc2)O[C@H](CO)[C@H]1OP(=O)(O)Oc1ccccc1Cl)c1ccccc1. The van der Waals surface area contributed by atoms with Crippen molar-refractivity contribution in [3.8, 4) is 11.5 Å². The van der Waals surface area contributed by atoms with Crippen LogP contribution in [0.2, 0.25) is 5.02 Å². The summed E-state index contributed by atoms with van der Waals surface area (Å²) >= 11 is 6.11. The summed E-state index contributed by atoms with van der Waals surface area (Å²) in [6, 6.07) is 30.1. The third-order valence-corrected chi connectivity index (χ3v) is 7.83.